The van der Waals surface area contributed by atoms with Crippen LogP contribution < -0.4 is 10.1 Å². The minimum atomic E-state index is -0.0712. The van der Waals surface area contributed by atoms with Crippen molar-refractivity contribution in [1.29, 1.82) is 0 Å². The summed E-state index contributed by atoms with van der Waals surface area (Å²) < 4.78 is 5.23. The van der Waals surface area contributed by atoms with Crippen LogP contribution in [0.15, 0.2) is 35.8 Å². The molecule has 1 unspecified atom stereocenters. The van der Waals surface area contributed by atoms with Gasteiger partial charge in [0.2, 0.25) is 11.8 Å². The molecule has 6 nitrogen and oxygen atoms in total. The number of nitrogens with one attached hydrogen (secondary N) is 1. The zero-order valence-corrected chi connectivity index (χ0v) is 16.5. The van der Waals surface area contributed by atoms with Crippen LogP contribution in [-0.2, 0) is 16.0 Å². The maximum atomic E-state index is 12.7. The largest absolute Gasteiger partial charge is 0.497 e. The molecule has 0 spiro atoms. The zero-order chi connectivity index (χ0) is 19.2. The van der Waals surface area contributed by atoms with Gasteiger partial charge in [0.05, 0.1) is 19.6 Å². The SMILES string of the molecule is COc1cccc(CC(=O)N2CCC(C(NC(C)=O)c3nccs3)CC2)c1. The molecule has 1 saturated heterocycles. The Morgan fingerprint density at radius 3 is 2.78 bits per heavy atom. The van der Waals surface area contributed by atoms with Crippen molar-refractivity contribution < 1.29 is 14.3 Å². The third-order valence-electron chi connectivity index (χ3n) is 4.93. The number of amides is 2. The fourth-order valence-electron chi connectivity index (χ4n) is 3.54. The van der Waals surface area contributed by atoms with Crippen molar-refractivity contribution >= 4 is 23.2 Å². The van der Waals surface area contributed by atoms with Crippen LogP contribution in [-0.4, -0.2) is 41.9 Å². The first kappa shape index (κ1) is 19.4. The molecule has 0 bridgehead atoms. The highest BCUT2D eigenvalue weighted by molar-refractivity contribution is 7.09. The molecule has 1 fully saturated rings. The van der Waals surface area contributed by atoms with Gasteiger partial charge in [-0.3, -0.25) is 9.59 Å². The van der Waals surface area contributed by atoms with Crippen molar-refractivity contribution in [2.24, 2.45) is 5.92 Å². The van der Waals surface area contributed by atoms with E-state index in [0.29, 0.717) is 25.4 Å². The summed E-state index contributed by atoms with van der Waals surface area (Å²) in [5, 5.41) is 5.90. The molecule has 0 saturated carbocycles. The van der Waals surface area contributed by atoms with Gasteiger partial charge in [-0.05, 0) is 36.5 Å². The molecule has 1 atom stereocenters. The Kier molecular flexibility index (Phi) is 6.45. The second-order valence-electron chi connectivity index (χ2n) is 6.80. The molecule has 144 valence electrons. The molecule has 1 aliphatic heterocycles. The number of likely N-dealkylation sites (tertiary alicyclic amines) is 1. The van der Waals surface area contributed by atoms with Crippen molar-refractivity contribution in [3.8, 4) is 5.75 Å². The number of hydrogen-bond donors (Lipinski definition) is 1. The lowest BCUT2D eigenvalue weighted by Crippen LogP contribution is -2.43. The number of thiazole rings is 1. The van der Waals surface area contributed by atoms with E-state index >= 15 is 0 Å². The van der Waals surface area contributed by atoms with E-state index in [-0.39, 0.29) is 17.9 Å². The lowest BCUT2D eigenvalue weighted by Gasteiger charge is -2.35. The number of hydrogen-bond acceptors (Lipinski definition) is 5. The van der Waals surface area contributed by atoms with Gasteiger partial charge < -0.3 is 15.0 Å². The van der Waals surface area contributed by atoms with E-state index in [1.807, 2.05) is 34.5 Å². The Morgan fingerprint density at radius 2 is 2.15 bits per heavy atom. The first-order valence-corrected chi connectivity index (χ1v) is 10.0. The molecule has 1 aromatic heterocycles. The van der Waals surface area contributed by atoms with Crippen molar-refractivity contribution in [1.82, 2.24) is 15.2 Å². The highest BCUT2D eigenvalue weighted by Crippen LogP contribution is 2.32. The minimum absolute atomic E-state index is 0.0493. The summed E-state index contributed by atoms with van der Waals surface area (Å²) in [5.74, 6) is 1.14. The average molecular weight is 388 g/mol. The Bertz CT molecular complexity index is 771. The van der Waals surface area contributed by atoms with Gasteiger partial charge in [0.25, 0.3) is 0 Å². The smallest absolute Gasteiger partial charge is 0.226 e. The Morgan fingerprint density at radius 1 is 1.37 bits per heavy atom. The number of carbonyl (C=O) groups is 2. The summed E-state index contributed by atoms with van der Waals surface area (Å²) in [7, 11) is 1.62. The maximum Gasteiger partial charge on any atom is 0.226 e. The van der Waals surface area contributed by atoms with Gasteiger partial charge in [-0.15, -0.1) is 11.3 Å². The molecule has 2 amide bonds. The van der Waals surface area contributed by atoms with Gasteiger partial charge in [0.1, 0.15) is 10.8 Å². The second-order valence-corrected chi connectivity index (χ2v) is 7.72. The fourth-order valence-corrected chi connectivity index (χ4v) is 4.32. The van der Waals surface area contributed by atoms with Crippen LogP contribution in [0.5, 0.6) is 5.75 Å². The monoisotopic (exact) mass is 387 g/mol. The summed E-state index contributed by atoms with van der Waals surface area (Å²) in [6, 6.07) is 7.56. The van der Waals surface area contributed by atoms with Crippen LogP contribution in [0.4, 0.5) is 0 Å². The van der Waals surface area contributed by atoms with E-state index < -0.39 is 0 Å². The average Bonchev–Trinajstić information content (AvgIpc) is 3.21. The number of benzene rings is 1. The van der Waals surface area contributed by atoms with E-state index in [4.69, 9.17) is 4.74 Å². The normalized spacial score (nSPS) is 16.0. The molecule has 27 heavy (non-hydrogen) atoms. The number of methoxy groups -OCH3 is 1. The quantitative estimate of drug-likeness (QED) is 0.827. The zero-order valence-electron chi connectivity index (χ0n) is 15.7. The fraction of sp³-hybridized carbons (Fsp3) is 0.450. The van der Waals surface area contributed by atoms with Crippen LogP contribution >= 0.6 is 11.3 Å². The molecule has 3 rings (SSSR count). The molecule has 1 aromatic carbocycles. The Hall–Kier alpha value is -2.41. The topological polar surface area (TPSA) is 71.5 Å². The number of piperidine rings is 1. The highest BCUT2D eigenvalue weighted by Gasteiger charge is 2.31. The van der Waals surface area contributed by atoms with Crippen LogP contribution in [0, 0.1) is 5.92 Å². The maximum absolute atomic E-state index is 12.7. The highest BCUT2D eigenvalue weighted by atomic mass is 32.1. The third-order valence-corrected chi connectivity index (χ3v) is 5.79. The van der Waals surface area contributed by atoms with Crippen LogP contribution in [0.2, 0.25) is 0 Å². The van der Waals surface area contributed by atoms with Gasteiger partial charge in [-0.1, -0.05) is 12.1 Å². The van der Waals surface area contributed by atoms with E-state index in [9.17, 15) is 9.59 Å². The second kappa shape index (κ2) is 8.99. The lowest BCUT2D eigenvalue weighted by molar-refractivity contribution is -0.132. The Balaban J connectivity index is 1.58. The van der Waals surface area contributed by atoms with Crippen molar-refractivity contribution in [2.75, 3.05) is 20.2 Å². The summed E-state index contributed by atoms with van der Waals surface area (Å²) >= 11 is 1.56. The van der Waals surface area contributed by atoms with Crippen molar-refractivity contribution in [3.05, 3.63) is 46.4 Å². The predicted octanol–water partition coefficient (Wildman–Crippen LogP) is 2.81. The van der Waals surface area contributed by atoms with E-state index in [1.54, 1.807) is 24.6 Å². The molecule has 2 heterocycles. The van der Waals surface area contributed by atoms with Gasteiger partial charge in [-0.2, -0.15) is 0 Å². The molecular weight excluding hydrogens is 362 g/mol. The molecule has 1 aliphatic rings. The number of nitrogens with zero attached hydrogens (tertiary/aromatic N) is 2. The van der Waals surface area contributed by atoms with E-state index in [2.05, 4.69) is 10.3 Å². The van der Waals surface area contributed by atoms with Crippen molar-refractivity contribution in [3.63, 3.8) is 0 Å². The standard InChI is InChI=1S/C20H25N3O3S/c1-14(24)22-19(20-21-8-11-27-20)16-6-9-23(10-7-16)18(25)13-15-4-3-5-17(12-15)26-2/h3-5,8,11-12,16,19H,6-7,9-10,13H2,1-2H3,(H,22,24). The van der Waals surface area contributed by atoms with Crippen LogP contribution in [0.3, 0.4) is 0 Å². The van der Waals surface area contributed by atoms with Gasteiger partial charge in [-0.25, -0.2) is 4.98 Å². The van der Waals surface area contributed by atoms with Crippen LogP contribution in [0.1, 0.15) is 36.4 Å². The third kappa shape index (κ3) is 5.07. The minimum Gasteiger partial charge on any atom is -0.497 e. The summed E-state index contributed by atoms with van der Waals surface area (Å²) in [6.45, 7) is 2.94. The molecule has 0 aliphatic carbocycles. The van der Waals surface area contributed by atoms with E-state index in [0.717, 1.165) is 29.2 Å². The molecule has 1 N–H and O–H groups in total. The number of carbonyl (C=O) groups excluding carboxylic acids is 2. The van der Waals surface area contributed by atoms with Crippen LogP contribution in [0.25, 0.3) is 0 Å². The lowest BCUT2D eigenvalue weighted by atomic mass is 9.89. The van der Waals surface area contributed by atoms with Gasteiger partial charge in [0, 0.05) is 31.6 Å². The number of ether oxygens (including phenoxy) is 1. The first-order valence-electron chi connectivity index (χ1n) is 9.14. The van der Waals surface area contributed by atoms with Gasteiger partial charge >= 0.3 is 0 Å². The Labute approximate surface area is 163 Å². The molecular formula is C20H25N3O3S. The molecule has 7 heteroatoms. The van der Waals surface area contributed by atoms with E-state index in [1.165, 1.54) is 6.92 Å². The molecule has 2 aromatic rings. The summed E-state index contributed by atoms with van der Waals surface area (Å²) in [4.78, 5) is 30.6. The molecule has 0 radical (unpaired) electrons. The summed E-state index contributed by atoms with van der Waals surface area (Å²) in [6.07, 6.45) is 3.85. The first-order chi connectivity index (χ1) is 13.1. The summed E-state index contributed by atoms with van der Waals surface area (Å²) in [5.41, 5.74) is 0.959. The number of rotatable bonds is 6. The van der Waals surface area contributed by atoms with Crippen molar-refractivity contribution in [2.45, 2.75) is 32.2 Å². The number of aromatic nitrogens is 1. The van der Waals surface area contributed by atoms with Gasteiger partial charge in [0.15, 0.2) is 0 Å². The predicted molar refractivity (Wildman–Crippen MR) is 105 cm³/mol.